The predicted octanol–water partition coefficient (Wildman–Crippen LogP) is 1.39. The fourth-order valence-corrected chi connectivity index (χ4v) is 1.13. The molecule has 0 radical (unpaired) electrons. The van der Waals surface area contributed by atoms with E-state index in [9.17, 15) is 13.2 Å². The standard InChI is InChI=1S/C8H5F3N4O/c9-8(10,11)7-12-13-14-15(7)5-1-3-6(16)4-2-5/h1-4,16H. The maximum absolute atomic E-state index is 12.4. The summed E-state index contributed by atoms with van der Waals surface area (Å²) in [6.45, 7) is 0. The minimum absolute atomic E-state index is 0.0506. The molecule has 1 N–H and O–H groups in total. The van der Waals surface area contributed by atoms with Gasteiger partial charge in [-0.2, -0.15) is 17.9 Å². The van der Waals surface area contributed by atoms with Gasteiger partial charge in [-0.1, -0.05) is 0 Å². The topological polar surface area (TPSA) is 63.8 Å². The number of halogens is 3. The van der Waals surface area contributed by atoms with Gasteiger partial charge in [0.15, 0.2) is 0 Å². The second-order valence-corrected chi connectivity index (χ2v) is 2.93. The Kier molecular flexibility index (Phi) is 2.26. The molecule has 0 aliphatic carbocycles. The molecule has 0 fully saturated rings. The van der Waals surface area contributed by atoms with Crippen LogP contribution in [0.1, 0.15) is 5.82 Å². The smallest absolute Gasteiger partial charge is 0.453 e. The third kappa shape index (κ3) is 1.81. The molecule has 84 valence electrons. The highest BCUT2D eigenvalue weighted by molar-refractivity contribution is 5.36. The first-order valence-corrected chi connectivity index (χ1v) is 4.13. The van der Waals surface area contributed by atoms with Crippen LogP contribution in [0.2, 0.25) is 0 Å². The Balaban J connectivity index is 2.49. The van der Waals surface area contributed by atoms with Crippen molar-refractivity contribution in [2.75, 3.05) is 0 Å². The van der Waals surface area contributed by atoms with Gasteiger partial charge in [-0.15, -0.1) is 5.10 Å². The summed E-state index contributed by atoms with van der Waals surface area (Å²) in [6.07, 6.45) is -4.62. The molecule has 5 nitrogen and oxygen atoms in total. The van der Waals surface area contributed by atoms with Crippen LogP contribution >= 0.6 is 0 Å². The Hall–Kier alpha value is -2.12. The van der Waals surface area contributed by atoms with Crippen molar-refractivity contribution in [3.05, 3.63) is 30.1 Å². The van der Waals surface area contributed by atoms with Crippen molar-refractivity contribution in [1.82, 2.24) is 20.2 Å². The minimum atomic E-state index is -4.62. The zero-order valence-electron chi connectivity index (χ0n) is 7.68. The molecule has 1 heterocycles. The lowest BCUT2D eigenvalue weighted by atomic mass is 10.3. The molecule has 0 atom stereocenters. The maximum atomic E-state index is 12.4. The van der Waals surface area contributed by atoms with E-state index in [1.807, 2.05) is 0 Å². The molecule has 0 spiro atoms. The highest BCUT2D eigenvalue weighted by Gasteiger charge is 2.38. The SMILES string of the molecule is Oc1ccc(-n2nnnc2C(F)(F)F)cc1. The minimum Gasteiger partial charge on any atom is -0.508 e. The summed E-state index contributed by atoms with van der Waals surface area (Å²) < 4.78 is 37.9. The van der Waals surface area contributed by atoms with E-state index in [0.29, 0.717) is 4.68 Å². The molecule has 8 heteroatoms. The number of aromatic hydroxyl groups is 1. The average molecular weight is 230 g/mol. The number of aromatic nitrogens is 4. The Morgan fingerprint density at radius 1 is 1.12 bits per heavy atom. The maximum Gasteiger partial charge on any atom is 0.453 e. The molecule has 0 aliphatic heterocycles. The lowest BCUT2D eigenvalue weighted by molar-refractivity contribution is -0.146. The number of benzene rings is 1. The number of tetrazole rings is 1. The van der Waals surface area contributed by atoms with Crippen LogP contribution in [0.25, 0.3) is 5.69 Å². The molecule has 0 amide bonds. The normalized spacial score (nSPS) is 11.7. The van der Waals surface area contributed by atoms with E-state index in [1.54, 1.807) is 0 Å². The van der Waals surface area contributed by atoms with Crippen molar-refractivity contribution in [2.45, 2.75) is 6.18 Å². The second-order valence-electron chi connectivity index (χ2n) is 2.93. The quantitative estimate of drug-likeness (QED) is 0.803. The Labute approximate surface area is 87.1 Å². The second kappa shape index (κ2) is 3.47. The van der Waals surface area contributed by atoms with E-state index in [4.69, 9.17) is 5.11 Å². The van der Waals surface area contributed by atoms with Gasteiger partial charge < -0.3 is 5.11 Å². The molecule has 0 aliphatic rings. The summed E-state index contributed by atoms with van der Waals surface area (Å²) in [5.74, 6) is -1.26. The average Bonchev–Trinajstić information content (AvgIpc) is 2.66. The molecule has 2 rings (SSSR count). The largest absolute Gasteiger partial charge is 0.508 e. The van der Waals surface area contributed by atoms with Gasteiger partial charge >= 0.3 is 6.18 Å². The first-order valence-electron chi connectivity index (χ1n) is 4.13. The van der Waals surface area contributed by atoms with Crippen LogP contribution < -0.4 is 0 Å². The third-order valence-electron chi connectivity index (χ3n) is 1.82. The predicted molar refractivity (Wildman–Crippen MR) is 45.8 cm³/mol. The van der Waals surface area contributed by atoms with Crippen molar-refractivity contribution >= 4 is 0 Å². The van der Waals surface area contributed by atoms with Gasteiger partial charge in [-0.3, -0.25) is 0 Å². The van der Waals surface area contributed by atoms with Crippen LogP contribution in [0.15, 0.2) is 24.3 Å². The fourth-order valence-electron chi connectivity index (χ4n) is 1.13. The fraction of sp³-hybridized carbons (Fsp3) is 0.125. The first-order chi connectivity index (χ1) is 7.48. The highest BCUT2D eigenvalue weighted by Crippen LogP contribution is 2.28. The number of hydrogen-bond acceptors (Lipinski definition) is 4. The van der Waals surface area contributed by atoms with Gasteiger partial charge in [0.05, 0.1) is 5.69 Å². The molecular weight excluding hydrogens is 225 g/mol. The molecule has 0 bridgehead atoms. The molecule has 0 saturated heterocycles. The Morgan fingerprint density at radius 2 is 1.75 bits per heavy atom. The summed E-state index contributed by atoms with van der Waals surface area (Å²) in [4.78, 5) is 0. The van der Waals surface area contributed by atoms with Crippen molar-refractivity contribution in [2.24, 2.45) is 0 Å². The molecule has 0 saturated carbocycles. The van der Waals surface area contributed by atoms with Crippen LogP contribution in [0.3, 0.4) is 0 Å². The Morgan fingerprint density at radius 3 is 2.31 bits per heavy atom. The summed E-state index contributed by atoms with van der Waals surface area (Å²) in [5, 5.41) is 18.1. The van der Waals surface area contributed by atoms with Gasteiger partial charge in [-0.05, 0) is 34.7 Å². The highest BCUT2D eigenvalue weighted by atomic mass is 19.4. The van der Waals surface area contributed by atoms with Crippen LogP contribution in [-0.4, -0.2) is 25.3 Å². The van der Waals surface area contributed by atoms with E-state index >= 15 is 0 Å². The molecular formula is C8H5F3N4O. The van der Waals surface area contributed by atoms with Gasteiger partial charge in [-0.25, -0.2) is 0 Å². The van der Waals surface area contributed by atoms with Gasteiger partial charge in [0.2, 0.25) is 0 Å². The van der Waals surface area contributed by atoms with Crippen molar-refractivity contribution < 1.29 is 18.3 Å². The van der Waals surface area contributed by atoms with E-state index in [2.05, 4.69) is 15.5 Å². The van der Waals surface area contributed by atoms with E-state index in [-0.39, 0.29) is 11.4 Å². The monoisotopic (exact) mass is 230 g/mol. The first kappa shape index (κ1) is 10.4. The van der Waals surface area contributed by atoms with E-state index in [1.165, 1.54) is 24.3 Å². The van der Waals surface area contributed by atoms with Crippen LogP contribution in [0, 0.1) is 0 Å². The third-order valence-corrected chi connectivity index (χ3v) is 1.82. The summed E-state index contributed by atoms with van der Waals surface area (Å²) in [6, 6.07) is 5.05. The zero-order valence-corrected chi connectivity index (χ0v) is 7.68. The van der Waals surface area contributed by atoms with Crippen LogP contribution in [0.5, 0.6) is 5.75 Å². The lowest BCUT2D eigenvalue weighted by Gasteiger charge is -2.06. The molecule has 0 unspecified atom stereocenters. The van der Waals surface area contributed by atoms with Crippen molar-refractivity contribution in [3.8, 4) is 11.4 Å². The zero-order chi connectivity index (χ0) is 11.8. The lowest BCUT2D eigenvalue weighted by Crippen LogP contribution is -2.14. The molecule has 1 aromatic carbocycles. The van der Waals surface area contributed by atoms with Gasteiger partial charge in [0.25, 0.3) is 5.82 Å². The number of nitrogens with zero attached hydrogens (tertiary/aromatic N) is 4. The molecule has 2 aromatic rings. The Bertz CT molecular complexity index is 491. The van der Waals surface area contributed by atoms with Gasteiger partial charge in [0.1, 0.15) is 5.75 Å². The number of phenols is 1. The molecule has 16 heavy (non-hydrogen) atoms. The van der Waals surface area contributed by atoms with Gasteiger partial charge in [0, 0.05) is 0 Å². The summed E-state index contributed by atoms with van der Waals surface area (Å²) in [5.41, 5.74) is 0.120. The number of alkyl halides is 3. The molecule has 1 aromatic heterocycles. The summed E-state index contributed by atoms with van der Waals surface area (Å²) >= 11 is 0. The number of hydrogen-bond donors (Lipinski definition) is 1. The number of rotatable bonds is 1. The van der Waals surface area contributed by atoms with Crippen LogP contribution in [-0.2, 0) is 6.18 Å². The van der Waals surface area contributed by atoms with Crippen molar-refractivity contribution in [1.29, 1.82) is 0 Å². The number of phenolic OH excluding ortho intramolecular Hbond substituents is 1. The van der Waals surface area contributed by atoms with E-state index in [0.717, 1.165) is 0 Å². The van der Waals surface area contributed by atoms with Crippen molar-refractivity contribution in [3.63, 3.8) is 0 Å². The van der Waals surface area contributed by atoms with E-state index < -0.39 is 12.0 Å². The van der Waals surface area contributed by atoms with Crippen LogP contribution in [0.4, 0.5) is 13.2 Å². The summed E-state index contributed by atoms with van der Waals surface area (Å²) in [7, 11) is 0.